The first kappa shape index (κ1) is 20.8. The highest BCUT2D eigenvalue weighted by molar-refractivity contribution is 14.0. The summed E-state index contributed by atoms with van der Waals surface area (Å²) >= 11 is 3.40. The summed E-state index contributed by atoms with van der Waals surface area (Å²) in [5, 5.41) is 4.52. The summed E-state index contributed by atoms with van der Waals surface area (Å²) in [7, 11) is 1.86. The molecule has 23 heavy (non-hydrogen) atoms. The van der Waals surface area contributed by atoms with E-state index in [0.717, 1.165) is 56.1 Å². The SMILES string of the molecule is CCc1nsc(N2CCN(C(=NC)NCCCSC)CC2)n1.I. The van der Waals surface area contributed by atoms with Gasteiger partial charge in [0.25, 0.3) is 0 Å². The van der Waals surface area contributed by atoms with Crippen LogP contribution in [0.5, 0.6) is 0 Å². The van der Waals surface area contributed by atoms with Gasteiger partial charge >= 0.3 is 0 Å². The van der Waals surface area contributed by atoms with Crippen molar-refractivity contribution in [1.82, 2.24) is 19.6 Å². The molecule has 2 heterocycles. The normalized spacial score (nSPS) is 15.5. The van der Waals surface area contributed by atoms with Crippen LogP contribution in [0.2, 0.25) is 0 Å². The molecule has 6 nitrogen and oxygen atoms in total. The lowest BCUT2D eigenvalue weighted by Crippen LogP contribution is -2.52. The predicted molar refractivity (Wildman–Crippen MR) is 113 cm³/mol. The molecule has 9 heteroatoms. The largest absolute Gasteiger partial charge is 0.356 e. The van der Waals surface area contributed by atoms with Gasteiger partial charge in [0.15, 0.2) is 5.96 Å². The number of aliphatic imine (C=N–C) groups is 1. The van der Waals surface area contributed by atoms with Crippen LogP contribution in [0.4, 0.5) is 5.13 Å². The molecular weight excluding hydrogens is 443 g/mol. The number of guanidine groups is 1. The van der Waals surface area contributed by atoms with Crippen LogP contribution < -0.4 is 10.2 Å². The summed E-state index contributed by atoms with van der Waals surface area (Å²) in [6.45, 7) is 6.99. The zero-order valence-corrected chi connectivity index (χ0v) is 18.1. The number of aryl methyl sites for hydroxylation is 1. The molecule has 0 spiro atoms. The summed E-state index contributed by atoms with van der Waals surface area (Å²) in [5.41, 5.74) is 0. The second-order valence-corrected chi connectivity index (χ2v) is 6.86. The van der Waals surface area contributed by atoms with E-state index in [9.17, 15) is 0 Å². The molecule has 132 valence electrons. The van der Waals surface area contributed by atoms with Gasteiger partial charge in [-0.3, -0.25) is 4.99 Å². The molecule has 1 aromatic rings. The van der Waals surface area contributed by atoms with E-state index in [-0.39, 0.29) is 24.0 Å². The highest BCUT2D eigenvalue weighted by Crippen LogP contribution is 2.19. The van der Waals surface area contributed by atoms with Crippen molar-refractivity contribution >= 4 is 58.4 Å². The number of halogens is 1. The fourth-order valence-corrected chi connectivity index (χ4v) is 3.61. The second kappa shape index (κ2) is 11.3. The molecule has 1 aromatic heterocycles. The Morgan fingerprint density at radius 1 is 1.35 bits per heavy atom. The van der Waals surface area contributed by atoms with E-state index in [1.54, 1.807) is 0 Å². The van der Waals surface area contributed by atoms with Gasteiger partial charge in [-0.05, 0) is 18.4 Å². The fourth-order valence-electron chi connectivity index (χ4n) is 2.38. The average Bonchev–Trinajstić information content (AvgIpc) is 3.04. The zero-order valence-electron chi connectivity index (χ0n) is 14.1. The number of hydrogen-bond acceptors (Lipinski definition) is 6. The Kier molecular flexibility index (Phi) is 10.2. The number of aromatic nitrogens is 2. The summed E-state index contributed by atoms with van der Waals surface area (Å²) in [6, 6.07) is 0. The molecule has 0 atom stereocenters. The molecule has 0 aromatic carbocycles. The van der Waals surface area contributed by atoms with E-state index in [4.69, 9.17) is 0 Å². The lowest BCUT2D eigenvalue weighted by atomic mass is 10.3. The van der Waals surface area contributed by atoms with Crippen LogP contribution in [-0.2, 0) is 6.42 Å². The van der Waals surface area contributed by atoms with Gasteiger partial charge in [-0.25, -0.2) is 4.98 Å². The smallest absolute Gasteiger partial charge is 0.205 e. The van der Waals surface area contributed by atoms with E-state index in [1.807, 2.05) is 18.8 Å². The standard InChI is InChI=1S/C14H26N6S2.HI/c1-4-12-17-14(22-18-12)20-9-7-19(8-10-20)13(15-2)16-6-5-11-21-3;/h4-11H2,1-3H3,(H,15,16);1H. The van der Waals surface area contributed by atoms with Gasteiger partial charge in [0.2, 0.25) is 5.13 Å². The van der Waals surface area contributed by atoms with Crippen LogP contribution in [-0.4, -0.2) is 72.0 Å². The molecule has 1 aliphatic heterocycles. The first-order valence-corrected chi connectivity index (χ1v) is 9.97. The van der Waals surface area contributed by atoms with Gasteiger partial charge in [0, 0.05) is 57.7 Å². The third kappa shape index (κ3) is 6.26. The van der Waals surface area contributed by atoms with Crippen LogP contribution in [0.25, 0.3) is 0 Å². The van der Waals surface area contributed by atoms with E-state index in [2.05, 4.69) is 42.6 Å². The van der Waals surface area contributed by atoms with Crippen LogP contribution in [0.3, 0.4) is 0 Å². The van der Waals surface area contributed by atoms with E-state index in [0.29, 0.717) is 0 Å². The maximum atomic E-state index is 4.58. The highest BCUT2D eigenvalue weighted by atomic mass is 127. The maximum Gasteiger partial charge on any atom is 0.205 e. The van der Waals surface area contributed by atoms with Gasteiger partial charge < -0.3 is 15.1 Å². The van der Waals surface area contributed by atoms with Crippen molar-refractivity contribution in [2.45, 2.75) is 19.8 Å². The highest BCUT2D eigenvalue weighted by Gasteiger charge is 2.21. The minimum atomic E-state index is 0. The van der Waals surface area contributed by atoms with Crippen molar-refractivity contribution in [2.24, 2.45) is 4.99 Å². The predicted octanol–water partition coefficient (Wildman–Crippen LogP) is 2.17. The Balaban J connectivity index is 0.00000264. The molecule has 2 rings (SSSR count). The lowest BCUT2D eigenvalue weighted by molar-refractivity contribution is 0.372. The topological polar surface area (TPSA) is 56.7 Å². The number of piperazine rings is 1. The summed E-state index contributed by atoms with van der Waals surface area (Å²) < 4.78 is 4.38. The Bertz CT molecular complexity index is 474. The van der Waals surface area contributed by atoms with E-state index < -0.39 is 0 Å². The van der Waals surface area contributed by atoms with Crippen LogP contribution in [0.15, 0.2) is 4.99 Å². The molecule has 0 unspecified atom stereocenters. The second-order valence-electron chi connectivity index (χ2n) is 5.14. The average molecular weight is 470 g/mol. The number of nitrogens with zero attached hydrogens (tertiary/aromatic N) is 5. The number of hydrogen-bond donors (Lipinski definition) is 1. The fraction of sp³-hybridized carbons (Fsp3) is 0.786. The van der Waals surface area contributed by atoms with Crippen LogP contribution >= 0.6 is 47.3 Å². The van der Waals surface area contributed by atoms with Gasteiger partial charge in [0.1, 0.15) is 5.82 Å². The Morgan fingerprint density at radius 3 is 2.65 bits per heavy atom. The molecule has 1 N–H and O–H groups in total. The van der Waals surface area contributed by atoms with Crippen LogP contribution in [0.1, 0.15) is 19.2 Å². The zero-order chi connectivity index (χ0) is 15.8. The Morgan fingerprint density at radius 2 is 2.09 bits per heavy atom. The molecular formula is C14H27IN6S2. The molecule has 1 saturated heterocycles. The third-order valence-electron chi connectivity index (χ3n) is 3.64. The minimum Gasteiger partial charge on any atom is -0.356 e. The number of anilines is 1. The first-order valence-electron chi connectivity index (χ1n) is 7.80. The monoisotopic (exact) mass is 470 g/mol. The molecule has 0 amide bonds. The van der Waals surface area contributed by atoms with Crippen LogP contribution in [0, 0.1) is 0 Å². The molecule has 0 aliphatic carbocycles. The molecule has 1 aliphatic rings. The van der Waals surface area contributed by atoms with Gasteiger partial charge in [0.05, 0.1) is 0 Å². The van der Waals surface area contributed by atoms with Gasteiger partial charge in [-0.15, -0.1) is 24.0 Å². The first-order chi connectivity index (χ1) is 10.8. The maximum absolute atomic E-state index is 4.58. The third-order valence-corrected chi connectivity index (χ3v) is 5.16. The minimum absolute atomic E-state index is 0. The summed E-state index contributed by atoms with van der Waals surface area (Å²) in [5.74, 6) is 3.16. The quantitative estimate of drug-likeness (QED) is 0.298. The van der Waals surface area contributed by atoms with Crippen molar-refractivity contribution < 1.29 is 0 Å². The van der Waals surface area contributed by atoms with Crippen molar-refractivity contribution in [2.75, 3.05) is 56.7 Å². The molecule has 1 fully saturated rings. The number of thioether (sulfide) groups is 1. The van der Waals surface area contributed by atoms with Crippen molar-refractivity contribution in [3.05, 3.63) is 5.82 Å². The Hall–Kier alpha value is -0.290. The van der Waals surface area contributed by atoms with E-state index >= 15 is 0 Å². The lowest BCUT2D eigenvalue weighted by Gasteiger charge is -2.36. The molecule has 0 bridgehead atoms. The van der Waals surface area contributed by atoms with Crippen molar-refractivity contribution in [1.29, 1.82) is 0 Å². The van der Waals surface area contributed by atoms with Crippen molar-refractivity contribution in [3.8, 4) is 0 Å². The number of rotatable bonds is 6. The van der Waals surface area contributed by atoms with Crippen molar-refractivity contribution in [3.63, 3.8) is 0 Å². The van der Waals surface area contributed by atoms with E-state index in [1.165, 1.54) is 23.7 Å². The number of nitrogens with one attached hydrogen (secondary N) is 1. The molecule has 0 saturated carbocycles. The van der Waals surface area contributed by atoms with Gasteiger partial charge in [-0.2, -0.15) is 16.1 Å². The Labute approximate surface area is 164 Å². The van der Waals surface area contributed by atoms with Gasteiger partial charge in [-0.1, -0.05) is 6.92 Å². The summed E-state index contributed by atoms with van der Waals surface area (Å²) in [4.78, 5) is 13.6. The summed E-state index contributed by atoms with van der Waals surface area (Å²) in [6.07, 6.45) is 4.22. The molecule has 0 radical (unpaired) electrons.